The van der Waals surface area contributed by atoms with Crippen LogP contribution in [0.5, 0.6) is 0 Å². The van der Waals surface area contributed by atoms with Crippen LogP contribution in [0.2, 0.25) is 0 Å². The molecule has 7 heteroatoms. The Hall–Kier alpha value is -1.57. The van der Waals surface area contributed by atoms with Crippen molar-refractivity contribution >= 4 is 40.0 Å². The number of thiophene rings is 1. The van der Waals surface area contributed by atoms with Crippen LogP contribution in [0, 0.1) is 0 Å². The predicted molar refractivity (Wildman–Crippen MR) is 73.5 cm³/mol. The Kier molecular flexibility index (Phi) is 2.94. The van der Waals surface area contributed by atoms with Crippen molar-refractivity contribution in [1.29, 1.82) is 0 Å². The first-order valence-electron chi connectivity index (χ1n) is 4.91. The summed E-state index contributed by atoms with van der Waals surface area (Å²) in [5.74, 6) is -0.909. The van der Waals surface area contributed by atoms with E-state index in [1.807, 2.05) is 10.8 Å². The molecule has 3 aromatic heterocycles. The van der Waals surface area contributed by atoms with Crippen LogP contribution in [0.15, 0.2) is 28.4 Å². The third-order valence-corrected chi connectivity index (χ3v) is 4.93. The maximum atomic E-state index is 10.8. The molecule has 0 aliphatic heterocycles. The van der Waals surface area contributed by atoms with E-state index < -0.39 is 5.97 Å². The molecule has 0 aromatic carbocycles. The van der Waals surface area contributed by atoms with Gasteiger partial charge in [-0.3, -0.25) is 0 Å². The fraction of sp³-hybridized carbons (Fsp3) is 0. The van der Waals surface area contributed by atoms with Gasteiger partial charge in [0.25, 0.3) is 0 Å². The van der Waals surface area contributed by atoms with E-state index in [0.717, 1.165) is 20.6 Å². The van der Waals surface area contributed by atoms with Crippen molar-refractivity contribution < 1.29 is 9.90 Å². The van der Waals surface area contributed by atoms with E-state index in [0.29, 0.717) is 5.56 Å². The summed E-state index contributed by atoms with van der Waals surface area (Å²) in [6.07, 6.45) is 1.74. The Morgan fingerprint density at radius 3 is 2.72 bits per heavy atom. The van der Waals surface area contributed by atoms with E-state index in [9.17, 15) is 4.79 Å². The molecule has 3 rings (SSSR count). The van der Waals surface area contributed by atoms with Crippen molar-refractivity contribution in [3.05, 3.63) is 34.0 Å². The fourth-order valence-corrected chi connectivity index (χ4v) is 3.83. The Balaban J connectivity index is 1.95. The second-order valence-corrected chi connectivity index (χ2v) is 6.04. The summed E-state index contributed by atoms with van der Waals surface area (Å²) >= 11 is 4.44. The van der Waals surface area contributed by atoms with Crippen LogP contribution in [0.1, 0.15) is 10.4 Å². The Morgan fingerprint density at radius 2 is 2.06 bits per heavy atom. The summed E-state index contributed by atoms with van der Waals surface area (Å²) in [6, 6.07) is 1.65. The number of rotatable bonds is 3. The number of hydrogen-bond donors (Lipinski definition) is 1. The molecular weight excluding hydrogens is 288 g/mol. The van der Waals surface area contributed by atoms with Crippen molar-refractivity contribution in [2.75, 3.05) is 0 Å². The predicted octanol–water partition coefficient (Wildman–Crippen LogP) is 3.69. The minimum atomic E-state index is -0.909. The normalized spacial score (nSPS) is 10.7. The Labute approximate surface area is 114 Å². The number of carbonyl (C=O) groups is 1. The molecule has 0 atom stereocenters. The van der Waals surface area contributed by atoms with Gasteiger partial charge in [-0.1, -0.05) is 0 Å². The largest absolute Gasteiger partial charge is 0.478 e. The summed E-state index contributed by atoms with van der Waals surface area (Å²) in [5.41, 5.74) is 1.11. The standard InChI is InChI=1S/C11H6N2O2S3/c14-11(15)6-3-8(17-4-6)7-5-18-10(13-7)9-12-1-2-16-9/h1-5H,(H,14,15). The van der Waals surface area contributed by atoms with Gasteiger partial charge in [0.2, 0.25) is 0 Å². The van der Waals surface area contributed by atoms with Gasteiger partial charge in [-0.15, -0.1) is 34.0 Å². The SMILES string of the molecule is O=C(O)c1csc(-c2csc(-c3nccs3)n2)c1. The summed E-state index contributed by atoms with van der Waals surface area (Å²) in [6.45, 7) is 0. The van der Waals surface area contributed by atoms with E-state index >= 15 is 0 Å². The molecule has 4 nitrogen and oxygen atoms in total. The number of carboxylic acid groups (broad SMARTS) is 1. The molecule has 3 heterocycles. The maximum absolute atomic E-state index is 10.8. The van der Waals surface area contributed by atoms with Crippen LogP contribution in [0.4, 0.5) is 0 Å². The summed E-state index contributed by atoms with van der Waals surface area (Å²) in [7, 11) is 0. The molecule has 0 fully saturated rings. The highest BCUT2D eigenvalue weighted by atomic mass is 32.1. The quantitative estimate of drug-likeness (QED) is 0.800. The molecule has 0 unspecified atom stereocenters. The van der Waals surface area contributed by atoms with Crippen molar-refractivity contribution in [3.63, 3.8) is 0 Å². The van der Waals surface area contributed by atoms with Crippen molar-refractivity contribution in [1.82, 2.24) is 9.97 Å². The average Bonchev–Trinajstić information content (AvgIpc) is 3.10. The van der Waals surface area contributed by atoms with Gasteiger partial charge < -0.3 is 5.11 Å². The topological polar surface area (TPSA) is 63.1 Å². The summed E-state index contributed by atoms with van der Waals surface area (Å²) < 4.78 is 0. The lowest BCUT2D eigenvalue weighted by Gasteiger charge is -1.88. The zero-order valence-electron chi connectivity index (χ0n) is 8.86. The number of nitrogens with zero attached hydrogens (tertiary/aromatic N) is 2. The molecule has 0 bridgehead atoms. The first-order chi connectivity index (χ1) is 8.74. The number of thiazole rings is 2. The lowest BCUT2D eigenvalue weighted by Crippen LogP contribution is -1.91. The Bertz CT molecular complexity index is 685. The molecule has 0 aliphatic rings. The number of carboxylic acids is 1. The molecule has 3 aromatic rings. The van der Waals surface area contributed by atoms with Crippen molar-refractivity contribution in [3.8, 4) is 20.6 Å². The van der Waals surface area contributed by atoms with E-state index in [2.05, 4.69) is 9.97 Å². The molecule has 0 saturated carbocycles. The van der Waals surface area contributed by atoms with E-state index in [4.69, 9.17) is 5.11 Å². The van der Waals surface area contributed by atoms with E-state index in [-0.39, 0.29) is 0 Å². The first-order valence-corrected chi connectivity index (χ1v) is 7.55. The van der Waals surface area contributed by atoms with E-state index in [1.165, 1.54) is 22.7 Å². The third-order valence-electron chi connectivity index (χ3n) is 2.22. The highest BCUT2D eigenvalue weighted by molar-refractivity contribution is 7.20. The molecule has 90 valence electrons. The summed E-state index contributed by atoms with van der Waals surface area (Å²) in [5, 5.41) is 16.1. The smallest absolute Gasteiger partial charge is 0.336 e. The first kappa shape index (κ1) is 11.5. The number of aromatic carboxylic acids is 1. The lowest BCUT2D eigenvalue weighted by molar-refractivity contribution is 0.0697. The molecular formula is C11H6N2O2S3. The molecule has 1 N–H and O–H groups in total. The van der Waals surface area contributed by atoms with Crippen LogP contribution in [-0.2, 0) is 0 Å². The highest BCUT2D eigenvalue weighted by Gasteiger charge is 2.12. The van der Waals surface area contributed by atoms with Crippen LogP contribution in [0.3, 0.4) is 0 Å². The molecule has 0 aliphatic carbocycles. The van der Waals surface area contributed by atoms with Gasteiger partial charge in [0, 0.05) is 22.3 Å². The minimum absolute atomic E-state index is 0.304. The molecule has 18 heavy (non-hydrogen) atoms. The average molecular weight is 294 g/mol. The highest BCUT2D eigenvalue weighted by Crippen LogP contribution is 2.32. The van der Waals surface area contributed by atoms with Crippen LogP contribution < -0.4 is 0 Å². The zero-order chi connectivity index (χ0) is 12.5. The monoisotopic (exact) mass is 294 g/mol. The van der Waals surface area contributed by atoms with Crippen LogP contribution >= 0.6 is 34.0 Å². The Morgan fingerprint density at radius 1 is 1.17 bits per heavy atom. The maximum Gasteiger partial charge on any atom is 0.336 e. The lowest BCUT2D eigenvalue weighted by atomic mass is 10.3. The van der Waals surface area contributed by atoms with Crippen LogP contribution in [0.25, 0.3) is 20.6 Å². The number of hydrogen-bond acceptors (Lipinski definition) is 6. The fourth-order valence-electron chi connectivity index (χ4n) is 1.40. The third kappa shape index (κ3) is 2.07. The van der Waals surface area contributed by atoms with Gasteiger partial charge in [0.1, 0.15) is 0 Å². The van der Waals surface area contributed by atoms with Gasteiger partial charge in [-0.25, -0.2) is 14.8 Å². The van der Waals surface area contributed by atoms with Crippen molar-refractivity contribution in [2.45, 2.75) is 0 Å². The van der Waals surface area contributed by atoms with Gasteiger partial charge >= 0.3 is 5.97 Å². The van der Waals surface area contributed by atoms with Crippen molar-refractivity contribution in [2.24, 2.45) is 0 Å². The molecule has 0 amide bonds. The van der Waals surface area contributed by atoms with E-state index in [1.54, 1.807) is 29.0 Å². The zero-order valence-corrected chi connectivity index (χ0v) is 11.3. The van der Waals surface area contributed by atoms with Gasteiger partial charge in [-0.05, 0) is 6.07 Å². The van der Waals surface area contributed by atoms with Crippen LogP contribution in [-0.4, -0.2) is 21.0 Å². The molecule has 0 radical (unpaired) electrons. The minimum Gasteiger partial charge on any atom is -0.478 e. The second kappa shape index (κ2) is 4.60. The number of aromatic nitrogens is 2. The van der Waals surface area contributed by atoms with Gasteiger partial charge in [0.15, 0.2) is 10.0 Å². The second-order valence-electron chi connectivity index (χ2n) is 3.38. The molecule has 0 saturated heterocycles. The van der Waals surface area contributed by atoms with Gasteiger partial charge in [-0.2, -0.15) is 0 Å². The van der Waals surface area contributed by atoms with Gasteiger partial charge in [0.05, 0.1) is 16.1 Å². The summed E-state index contributed by atoms with van der Waals surface area (Å²) in [4.78, 5) is 20.4. The molecule has 0 spiro atoms.